The lowest BCUT2D eigenvalue weighted by Gasteiger charge is -2.40. The van der Waals surface area contributed by atoms with Gasteiger partial charge in [0.25, 0.3) is 0 Å². The molecule has 0 radical (unpaired) electrons. The highest BCUT2D eigenvalue weighted by atomic mass is 16.5. The van der Waals surface area contributed by atoms with Gasteiger partial charge in [0, 0.05) is 36.4 Å². The van der Waals surface area contributed by atoms with Crippen molar-refractivity contribution in [3.8, 4) is 0 Å². The van der Waals surface area contributed by atoms with E-state index in [1.54, 1.807) is 0 Å². The second-order valence-corrected chi connectivity index (χ2v) is 8.40. The van der Waals surface area contributed by atoms with Gasteiger partial charge < -0.3 is 14.7 Å². The number of carbonyl (C=O) groups excluding carboxylic acids is 1. The van der Waals surface area contributed by atoms with Crippen molar-refractivity contribution in [1.29, 1.82) is 0 Å². The van der Waals surface area contributed by atoms with Crippen molar-refractivity contribution >= 4 is 22.7 Å². The molecule has 3 aromatic rings. The highest BCUT2D eigenvalue weighted by molar-refractivity contribution is 5.86. The van der Waals surface area contributed by atoms with Crippen LogP contribution in [0.25, 0.3) is 11.0 Å². The van der Waals surface area contributed by atoms with E-state index in [0.717, 1.165) is 30.0 Å². The molecule has 1 aliphatic rings. The van der Waals surface area contributed by atoms with Gasteiger partial charge in [-0.2, -0.15) is 5.10 Å². The second kappa shape index (κ2) is 7.22. The molecule has 1 fully saturated rings. The largest absolute Gasteiger partial charge is 0.356 e. The van der Waals surface area contributed by atoms with E-state index in [4.69, 9.17) is 4.52 Å². The van der Waals surface area contributed by atoms with Crippen LogP contribution in [0.1, 0.15) is 32.2 Å². The summed E-state index contributed by atoms with van der Waals surface area (Å²) in [4.78, 5) is 14.4. The maximum atomic E-state index is 12.3. The number of nitrogens with one attached hydrogen (secondary N) is 1. The van der Waals surface area contributed by atoms with Crippen LogP contribution in [0.3, 0.4) is 0 Å². The minimum absolute atomic E-state index is 0.00244. The monoisotopic (exact) mass is 379 g/mol. The third-order valence-electron chi connectivity index (χ3n) is 5.07. The number of hydrogen-bond acceptors (Lipinski definition) is 6. The topological polar surface area (TPSA) is 84.2 Å². The Morgan fingerprint density at radius 3 is 2.68 bits per heavy atom. The number of carbonyl (C=O) groups is 1. The van der Waals surface area contributed by atoms with Gasteiger partial charge in [-0.15, -0.1) is 5.10 Å². The SMILES string of the molecule is CC(C)(C)c1ccc(N2CC(CNC(=O)Cc3noc4ccccc34)C2)nn1. The Morgan fingerprint density at radius 2 is 1.96 bits per heavy atom. The van der Waals surface area contributed by atoms with Gasteiger partial charge in [0.15, 0.2) is 11.4 Å². The Kier molecular flexibility index (Phi) is 4.75. The number of nitrogens with zero attached hydrogens (tertiary/aromatic N) is 4. The van der Waals surface area contributed by atoms with Gasteiger partial charge in [0.1, 0.15) is 5.69 Å². The summed E-state index contributed by atoms with van der Waals surface area (Å²) in [5.74, 6) is 1.28. The molecule has 0 spiro atoms. The molecule has 1 aliphatic heterocycles. The lowest BCUT2D eigenvalue weighted by molar-refractivity contribution is -0.120. The molecule has 146 valence electrons. The standard InChI is InChI=1S/C21H25N5O2/c1-21(2,3)18-8-9-19(24-23-18)26-12-14(13-26)11-22-20(27)10-16-15-6-4-5-7-17(15)28-25-16/h4-9,14H,10-13H2,1-3H3,(H,22,27). The molecular weight excluding hydrogens is 354 g/mol. The maximum Gasteiger partial charge on any atom is 0.226 e. The van der Waals surface area contributed by atoms with Crippen LogP contribution in [0.4, 0.5) is 5.82 Å². The number of rotatable bonds is 5. The minimum Gasteiger partial charge on any atom is -0.356 e. The minimum atomic E-state index is -0.0353. The van der Waals surface area contributed by atoms with E-state index in [2.05, 4.69) is 46.3 Å². The van der Waals surface area contributed by atoms with Gasteiger partial charge in [-0.05, 0) is 24.3 Å². The van der Waals surface area contributed by atoms with Gasteiger partial charge in [0.2, 0.25) is 5.91 Å². The summed E-state index contributed by atoms with van der Waals surface area (Å²) in [5, 5.41) is 16.6. The molecule has 1 saturated heterocycles. The highest BCUT2D eigenvalue weighted by Crippen LogP contribution is 2.25. The average Bonchev–Trinajstić information content (AvgIpc) is 3.03. The summed E-state index contributed by atoms with van der Waals surface area (Å²) >= 11 is 0. The van der Waals surface area contributed by atoms with Crippen molar-refractivity contribution in [2.45, 2.75) is 32.6 Å². The van der Waals surface area contributed by atoms with Crippen molar-refractivity contribution in [2.75, 3.05) is 24.5 Å². The zero-order valence-corrected chi connectivity index (χ0v) is 16.5. The number of fused-ring (bicyclic) bond motifs is 1. The van der Waals surface area contributed by atoms with Crippen LogP contribution in [0.15, 0.2) is 40.9 Å². The van der Waals surface area contributed by atoms with Gasteiger partial charge in [-0.3, -0.25) is 4.79 Å². The number of para-hydroxylation sites is 1. The molecule has 1 amide bonds. The fraction of sp³-hybridized carbons (Fsp3) is 0.429. The molecule has 4 rings (SSSR count). The number of aromatic nitrogens is 3. The lowest BCUT2D eigenvalue weighted by atomic mass is 9.92. The molecule has 0 bridgehead atoms. The molecule has 1 aromatic carbocycles. The first-order valence-electron chi connectivity index (χ1n) is 9.59. The van der Waals surface area contributed by atoms with Gasteiger partial charge in [-0.25, -0.2) is 0 Å². The first-order chi connectivity index (χ1) is 13.4. The average molecular weight is 379 g/mol. The first kappa shape index (κ1) is 18.4. The lowest BCUT2D eigenvalue weighted by Crippen LogP contribution is -2.52. The summed E-state index contributed by atoms with van der Waals surface area (Å²) in [6.45, 7) is 8.77. The summed E-state index contributed by atoms with van der Waals surface area (Å²) in [7, 11) is 0. The van der Waals surface area contributed by atoms with E-state index in [0.29, 0.717) is 23.7 Å². The molecule has 2 aromatic heterocycles. The normalized spacial score (nSPS) is 14.9. The van der Waals surface area contributed by atoms with Crippen LogP contribution < -0.4 is 10.2 Å². The molecule has 0 unspecified atom stereocenters. The molecule has 7 heteroatoms. The molecule has 7 nitrogen and oxygen atoms in total. The second-order valence-electron chi connectivity index (χ2n) is 8.40. The van der Waals surface area contributed by atoms with Crippen molar-refractivity contribution in [1.82, 2.24) is 20.7 Å². The number of amides is 1. The smallest absolute Gasteiger partial charge is 0.226 e. The summed E-state index contributed by atoms with van der Waals surface area (Å²) in [6, 6.07) is 11.6. The molecule has 0 aliphatic carbocycles. The molecule has 3 heterocycles. The van der Waals surface area contributed by atoms with E-state index in [9.17, 15) is 4.79 Å². The van der Waals surface area contributed by atoms with Crippen LogP contribution in [0.2, 0.25) is 0 Å². The number of hydrogen-bond donors (Lipinski definition) is 1. The number of benzene rings is 1. The van der Waals surface area contributed by atoms with E-state index < -0.39 is 0 Å². The molecular formula is C21H25N5O2. The summed E-state index contributed by atoms with van der Waals surface area (Å²) < 4.78 is 5.25. The van der Waals surface area contributed by atoms with Crippen LogP contribution in [-0.4, -0.2) is 40.9 Å². The Balaban J connectivity index is 1.24. The van der Waals surface area contributed by atoms with E-state index in [-0.39, 0.29) is 17.7 Å². The third-order valence-corrected chi connectivity index (χ3v) is 5.07. The Morgan fingerprint density at radius 1 is 1.18 bits per heavy atom. The fourth-order valence-corrected chi connectivity index (χ4v) is 3.32. The highest BCUT2D eigenvalue weighted by Gasteiger charge is 2.29. The Labute approximate surface area is 164 Å². The Bertz CT molecular complexity index is 968. The molecule has 28 heavy (non-hydrogen) atoms. The Hall–Kier alpha value is -2.96. The van der Waals surface area contributed by atoms with Crippen LogP contribution >= 0.6 is 0 Å². The van der Waals surface area contributed by atoms with E-state index in [1.165, 1.54) is 0 Å². The van der Waals surface area contributed by atoms with Crippen LogP contribution in [0.5, 0.6) is 0 Å². The first-order valence-corrected chi connectivity index (χ1v) is 9.59. The van der Waals surface area contributed by atoms with E-state index in [1.807, 2.05) is 36.4 Å². The number of anilines is 1. The fourth-order valence-electron chi connectivity index (χ4n) is 3.32. The zero-order chi connectivity index (χ0) is 19.7. The van der Waals surface area contributed by atoms with Gasteiger partial charge in [0.05, 0.1) is 12.1 Å². The van der Waals surface area contributed by atoms with Crippen LogP contribution in [0, 0.1) is 5.92 Å². The van der Waals surface area contributed by atoms with Crippen molar-refractivity contribution in [3.05, 3.63) is 47.8 Å². The van der Waals surface area contributed by atoms with Crippen LogP contribution in [-0.2, 0) is 16.6 Å². The van der Waals surface area contributed by atoms with Gasteiger partial charge >= 0.3 is 0 Å². The summed E-state index contributed by atoms with van der Waals surface area (Å²) in [6.07, 6.45) is 0.229. The van der Waals surface area contributed by atoms with E-state index >= 15 is 0 Å². The predicted molar refractivity (Wildman–Crippen MR) is 107 cm³/mol. The molecule has 0 saturated carbocycles. The maximum absolute atomic E-state index is 12.3. The quantitative estimate of drug-likeness (QED) is 0.734. The molecule has 0 atom stereocenters. The predicted octanol–water partition coefficient (Wildman–Crippen LogP) is 2.71. The van der Waals surface area contributed by atoms with Crippen molar-refractivity contribution in [2.24, 2.45) is 5.92 Å². The summed E-state index contributed by atoms with van der Waals surface area (Å²) in [5.41, 5.74) is 2.37. The zero-order valence-electron chi connectivity index (χ0n) is 16.5. The van der Waals surface area contributed by atoms with Crippen molar-refractivity contribution in [3.63, 3.8) is 0 Å². The van der Waals surface area contributed by atoms with Gasteiger partial charge in [-0.1, -0.05) is 38.1 Å². The third kappa shape index (κ3) is 3.83. The molecule has 1 N–H and O–H groups in total. The van der Waals surface area contributed by atoms with Crippen molar-refractivity contribution < 1.29 is 9.32 Å².